The number of hydrogen-bond acceptors (Lipinski definition) is 5. The lowest BCUT2D eigenvalue weighted by Gasteiger charge is -2.37. The van der Waals surface area contributed by atoms with Gasteiger partial charge in [-0.15, -0.1) is 0 Å². The minimum atomic E-state index is -0.489. The van der Waals surface area contributed by atoms with Crippen molar-refractivity contribution in [1.82, 2.24) is 4.98 Å². The van der Waals surface area contributed by atoms with Crippen LogP contribution in [0.15, 0.2) is 21.3 Å². The SMILES string of the molecule is CN(c1cc2[nH]c(=O)oc2cc1N)C1CCCCC1O. The first-order valence-corrected chi connectivity index (χ1v) is 6.89. The second-order valence-corrected chi connectivity index (χ2v) is 5.45. The van der Waals surface area contributed by atoms with Crippen molar-refractivity contribution in [3.8, 4) is 0 Å². The molecule has 1 aliphatic rings. The quantitative estimate of drug-likeness (QED) is 0.722. The van der Waals surface area contributed by atoms with Gasteiger partial charge in [-0.1, -0.05) is 12.8 Å². The molecule has 1 heterocycles. The number of likely N-dealkylation sites (N-methyl/N-ethyl adjacent to an activating group) is 1. The van der Waals surface area contributed by atoms with E-state index in [0.29, 0.717) is 16.8 Å². The van der Waals surface area contributed by atoms with Crippen molar-refractivity contribution in [2.24, 2.45) is 0 Å². The Kier molecular flexibility index (Phi) is 3.17. The molecule has 2 atom stereocenters. The normalized spacial score (nSPS) is 23.1. The third-order valence-electron chi connectivity index (χ3n) is 4.14. The maximum absolute atomic E-state index is 11.2. The molecular weight excluding hydrogens is 258 g/mol. The number of aromatic nitrogens is 1. The monoisotopic (exact) mass is 277 g/mol. The van der Waals surface area contributed by atoms with Gasteiger partial charge in [-0.05, 0) is 18.9 Å². The van der Waals surface area contributed by atoms with Gasteiger partial charge in [0.1, 0.15) is 0 Å². The molecule has 1 aromatic carbocycles. The van der Waals surface area contributed by atoms with Crippen LogP contribution in [0.5, 0.6) is 0 Å². The van der Waals surface area contributed by atoms with Gasteiger partial charge in [0.2, 0.25) is 0 Å². The number of nitrogen functional groups attached to an aromatic ring is 1. The van der Waals surface area contributed by atoms with Crippen LogP contribution >= 0.6 is 0 Å². The lowest BCUT2D eigenvalue weighted by Crippen LogP contribution is -2.43. The van der Waals surface area contributed by atoms with E-state index in [-0.39, 0.29) is 12.1 Å². The highest BCUT2D eigenvalue weighted by atomic mass is 16.4. The van der Waals surface area contributed by atoms with Crippen LogP contribution in [-0.4, -0.2) is 29.3 Å². The van der Waals surface area contributed by atoms with Gasteiger partial charge >= 0.3 is 5.76 Å². The van der Waals surface area contributed by atoms with E-state index < -0.39 is 5.76 Å². The Bertz CT molecular complexity index is 676. The van der Waals surface area contributed by atoms with Crippen LogP contribution in [0.1, 0.15) is 25.7 Å². The van der Waals surface area contributed by atoms with Crippen LogP contribution < -0.4 is 16.4 Å². The molecule has 2 unspecified atom stereocenters. The number of anilines is 2. The molecule has 0 saturated heterocycles. The van der Waals surface area contributed by atoms with Crippen LogP contribution in [0, 0.1) is 0 Å². The van der Waals surface area contributed by atoms with Crippen molar-refractivity contribution < 1.29 is 9.52 Å². The Balaban J connectivity index is 1.99. The molecule has 20 heavy (non-hydrogen) atoms. The van der Waals surface area contributed by atoms with Gasteiger partial charge in [-0.3, -0.25) is 4.98 Å². The van der Waals surface area contributed by atoms with Crippen molar-refractivity contribution in [3.05, 3.63) is 22.7 Å². The fourth-order valence-corrected chi connectivity index (χ4v) is 3.03. The molecule has 0 spiro atoms. The molecule has 0 radical (unpaired) electrons. The van der Waals surface area contributed by atoms with E-state index in [1.54, 1.807) is 12.1 Å². The van der Waals surface area contributed by atoms with Gasteiger partial charge < -0.3 is 20.2 Å². The van der Waals surface area contributed by atoms with Crippen LogP contribution in [0.2, 0.25) is 0 Å². The third-order valence-corrected chi connectivity index (χ3v) is 4.14. The summed E-state index contributed by atoms with van der Waals surface area (Å²) in [4.78, 5) is 15.9. The average molecular weight is 277 g/mol. The number of aliphatic hydroxyl groups is 1. The van der Waals surface area contributed by atoms with Crippen LogP contribution in [0.4, 0.5) is 11.4 Å². The average Bonchev–Trinajstić information content (AvgIpc) is 2.76. The Labute approximate surface area is 116 Å². The molecule has 3 rings (SSSR count). The number of nitrogens with one attached hydrogen (secondary N) is 1. The van der Waals surface area contributed by atoms with E-state index in [4.69, 9.17) is 10.2 Å². The van der Waals surface area contributed by atoms with E-state index in [0.717, 1.165) is 31.4 Å². The van der Waals surface area contributed by atoms with Crippen molar-refractivity contribution in [1.29, 1.82) is 0 Å². The number of fused-ring (bicyclic) bond motifs is 1. The number of benzene rings is 1. The number of aliphatic hydroxyl groups excluding tert-OH is 1. The van der Waals surface area contributed by atoms with Gasteiger partial charge in [-0.2, -0.15) is 0 Å². The second-order valence-electron chi connectivity index (χ2n) is 5.45. The van der Waals surface area contributed by atoms with Gasteiger partial charge in [0.05, 0.1) is 29.0 Å². The summed E-state index contributed by atoms with van der Waals surface area (Å²) in [5.74, 6) is -0.489. The Morgan fingerprint density at radius 3 is 2.90 bits per heavy atom. The molecule has 4 N–H and O–H groups in total. The Hall–Kier alpha value is -1.95. The van der Waals surface area contributed by atoms with E-state index in [2.05, 4.69) is 4.98 Å². The molecule has 108 valence electrons. The largest absolute Gasteiger partial charge is 0.417 e. The molecule has 1 aliphatic carbocycles. The minimum absolute atomic E-state index is 0.0575. The standard InChI is InChI=1S/C14H19N3O3/c1-17(10-4-2-3-5-12(10)18)11-7-9-13(6-8(11)15)20-14(19)16-9/h6-7,10,12,18H,2-5,15H2,1H3,(H,16,19). The van der Waals surface area contributed by atoms with Crippen molar-refractivity contribution >= 4 is 22.5 Å². The summed E-state index contributed by atoms with van der Waals surface area (Å²) < 4.78 is 4.99. The molecule has 0 aliphatic heterocycles. The number of rotatable bonds is 2. The van der Waals surface area contributed by atoms with Crippen LogP contribution in [0.3, 0.4) is 0 Å². The molecule has 6 heteroatoms. The summed E-state index contributed by atoms with van der Waals surface area (Å²) in [6.07, 6.45) is 3.59. The summed E-state index contributed by atoms with van der Waals surface area (Å²) >= 11 is 0. The number of nitrogens with zero attached hydrogens (tertiary/aromatic N) is 1. The maximum Gasteiger partial charge on any atom is 0.417 e. The van der Waals surface area contributed by atoms with Crippen LogP contribution in [-0.2, 0) is 0 Å². The molecule has 1 fully saturated rings. The molecular formula is C14H19N3O3. The molecule has 2 aromatic rings. The predicted octanol–water partition coefficient (Wildman–Crippen LogP) is 1.44. The zero-order chi connectivity index (χ0) is 14.3. The van der Waals surface area contributed by atoms with Crippen molar-refractivity contribution in [3.63, 3.8) is 0 Å². The Morgan fingerprint density at radius 1 is 1.40 bits per heavy atom. The number of oxazole rings is 1. The first-order chi connectivity index (χ1) is 9.56. The fraction of sp³-hybridized carbons (Fsp3) is 0.500. The third kappa shape index (κ3) is 2.16. The van der Waals surface area contributed by atoms with E-state index in [1.807, 2.05) is 11.9 Å². The summed E-state index contributed by atoms with van der Waals surface area (Å²) in [6.45, 7) is 0. The number of hydrogen-bond donors (Lipinski definition) is 3. The van der Waals surface area contributed by atoms with Crippen LogP contribution in [0.25, 0.3) is 11.1 Å². The summed E-state index contributed by atoms with van der Waals surface area (Å²) in [5, 5.41) is 10.2. The van der Waals surface area contributed by atoms with E-state index >= 15 is 0 Å². The number of aromatic amines is 1. The first-order valence-electron chi connectivity index (χ1n) is 6.89. The highest BCUT2D eigenvalue weighted by Gasteiger charge is 2.28. The zero-order valence-corrected chi connectivity index (χ0v) is 11.4. The highest BCUT2D eigenvalue weighted by molar-refractivity contribution is 5.85. The van der Waals surface area contributed by atoms with Crippen molar-refractivity contribution in [2.45, 2.75) is 37.8 Å². The highest BCUT2D eigenvalue weighted by Crippen LogP contribution is 2.32. The molecule has 6 nitrogen and oxygen atoms in total. The maximum atomic E-state index is 11.2. The predicted molar refractivity (Wildman–Crippen MR) is 77.9 cm³/mol. The smallest absolute Gasteiger partial charge is 0.408 e. The second kappa shape index (κ2) is 4.86. The lowest BCUT2D eigenvalue weighted by atomic mass is 9.91. The minimum Gasteiger partial charge on any atom is -0.408 e. The molecule has 0 amide bonds. The zero-order valence-electron chi connectivity index (χ0n) is 11.4. The Morgan fingerprint density at radius 2 is 2.15 bits per heavy atom. The molecule has 0 bridgehead atoms. The summed E-state index contributed by atoms with van der Waals surface area (Å²) in [5.41, 5.74) is 8.47. The summed E-state index contributed by atoms with van der Waals surface area (Å²) in [6, 6.07) is 3.51. The number of nitrogens with two attached hydrogens (primary N) is 1. The van der Waals surface area contributed by atoms with Gasteiger partial charge in [0.15, 0.2) is 5.58 Å². The first kappa shape index (κ1) is 13.1. The molecule has 1 aromatic heterocycles. The van der Waals surface area contributed by atoms with Gasteiger partial charge in [0.25, 0.3) is 0 Å². The summed E-state index contributed by atoms with van der Waals surface area (Å²) in [7, 11) is 1.93. The van der Waals surface area contributed by atoms with E-state index in [9.17, 15) is 9.90 Å². The topological polar surface area (TPSA) is 95.5 Å². The van der Waals surface area contributed by atoms with Gasteiger partial charge in [0, 0.05) is 13.1 Å². The fourth-order valence-electron chi connectivity index (χ4n) is 3.03. The van der Waals surface area contributed by atoms with Crippen molar-refractivity contribution in [2.75, 3.05) is 17.7 Å². The number of H-pyrrole nitrogens is 1. The lowest BCUT2D eigenvalue weighted by molar-refractivity contribution is 0.106. The molecule has 1 saturated carbocycles. The van der Waals surface area contributed by atoms with E-state index in [1.165, 1.54) is 0 Å². The van der Waals surface area contributed by atoms with Gasteiger partial charge in [-0.25, -0.2) is 4.79 Å².